The van der Waals surface area contributed by atoms with Gasteiger partial charge in [0.1, 0.15) is 0 Å². The SMILES string of the molecule is N#Cc1ccc(CN2CCCC2/C=C/S(=O)(=O)NC(=O)Nc2c3c(cc4c2CCC4)CCC3)cc1. The van der Waals surface area contributed by atoms with Crippen LogP contribution in [-0.2, 0) is 42.3 Å². The molecular weight excluding hydrogens is 460 g/mol. The lowest BCUT2D eigenvalue weighted by Gasteiger charge is -2.22. The Morgan fingerprint density at radius 2 is 1.74 bits per heavy atom. The maximum Gasteiger partial charge on any atom is 0.333 e. The van der Waals surface area contributed by atoms with E-state index in [1.54, 1.807) is 18.2 Å². The van der Waals surface area contributed by atoms with Crippen LogP contribution in [0.25, 0.3) is 0 Å². The van der Waals surface area contributed by atoms with E-state index in [4.69, 9.17) is 5.26 Å². The summed E-state index contributed by atoms with van der Waals surface area (Å²) in [5.41, 5.74) is 7.42. The quantitative estimate of drug-likeness (QED) is 0.633. The van der Waals surface area contributed by atoms with E-state index in [-0.39, 0.29) is 6.04 Å². The first-order valence-corrected chi connectivity index (χ1v) is 13.9. The second-order valence-electron chi connectivity index (χ2n) is 9.65. The van der Waals surface area contributed by atoms with Crippen molar-refractivity contribution in [2.45, 2.75) is 64.0 Å². The summed E-state index contributed by atoms with van der Waals surface area (Å²) in [6.07, 6.45) is 9.50. The van der Waals surface area contributed by atoms with Gasteiger partial charge in [0.25, 0.3) is 10.0 Å². The zero-order valence-electron chi connectivity index (χ0n) is 19.7. The van der Waals surface area contributed by atoms with Gasteiger partial charge >= 0.3 is 6.03 Å². The molecule has 5 rings (SSSR count). The van der Waals surface area contributed by atoms with Crippen molar-refractivity contribution in [3.05, 3.63) is 75.2 Å². The molecule has 2 aromatic rings. The summed E-state index contributed by atoms with van der Waals surface area (Å²) in [4.78, 5) is 14.9. The van der Waals surface area contributed by atoms with Crippen LogP contribution in [0.15, 0.2) is 41.8 Å². The first-order chi connectivity index (χ1) is 16.9. The van der Waals surface area contributed by atoms with Gasteiger partial charge in [-0.2, -0.15) is 5.26 Å². The third-order valence-corrected chi connectivity index (χ3v) is 8.29. The minimum Gasteiger partial charge on any atom is -0.307 e. The number of likely N-dealkylation sites (tertiary alicyclic amines) is 1. The summed E-state index contributed by atoms with van der Waals surface area (Å²) in [7, 11) is -3.93. The summed E-state index contributed by atoms with van der Waals surface area (Å²) in [6.45, 7) is 1.55. The molecule has 2 aliphatic carbocycles. The highest BCUT2D eigenvalue weighted by molar-refractivity contribution is 7.92. The summed E-state index contributed by atoms with van der Waals surface area (Å²) in [5, 5.41) is 13.0. The molecule has 182 valence electrons. The van der Waals surface area contributed by atoms with Gasteiger partial charge in [-0.3, -0.25) is 4.90 Å². The largest absolute Gasteiger partial charge is 0.333 e. The van der Waals surface area contributed by atoms with Crippen molar-refractivity contribution in [2.75, 3.05) is 11.9 Å². The third kappa shape index (κ3) is 5.26. The third-order valence-electron chi connectivity index (χ3n) is 7.31. The molecule has 2 amide bonds. The van der Waals surface area contributed by atoms with Crippen LogP contribution in [0.2, 0.25) is 0 Å². The number of amides is 2. The Kier molecular flexibility index (Phi) is 6.63. The number of aryl methyl sites for hydroxylation is 2. The standard InChI is InChI=1S/C27H30N4O3S/c28-17-19-9-11-20(12-10-19)18-31-14-3-6-23(31)13-15-35(33,34)30-27(32)29-26-24-7-1-4-21(24)16-22-5-2-8-25(22)26/h9-13,15-16,23H,1-8,14,18H2,(H2,29,30,32)/b15-13+. The predicted molar refractivity (Wildman–Crippen MR) is 135 cm³/mol. The first kappa shape index (κ1) is 23.6. The summed E-state index contributed by atoms with van der Waals surface area (Å²) < 4.78 is 27.5. The van der Waals surface area contributed by atoms with E-state index in [1.165, 1.54) is 11.1 Å². The number of benzene rings is 2. The van der Waals surface area contributed by atoms with E-state index in [1.807, 2.05) is 12.1 Å². The molecule has 1 atom stereocenters. The Morgan fingerprint density at radius 1 is 1.06 bits per heavy atom. The Labute approximate surface area is 206 Å². The number of carbonyl (C=O) groups is 1. The number of hydrogen-bond acceptors (Lipinski definition) is 5. The minimum atomic E-state index is -3.93. The van der Waals surface area contributed by atoms with Crippen molar-refractivity contribution in [3.63, 3.8) is 0 Å². The second kappa shape index (κ2) is 9.84. The molecule has 0 spiro atoms. The van der Waals surface area contributed by atoms with E-state index < -0.39 is 16.1 Å². The first-order valence-electron chi connectivity index (χ1n) is 12.3. The second-order valence-corrected chi connectivity index (χ2v) is 11.2. The molecular formula is C27H30N4O3S. The molecule has 7 nitrogen and oxygen atoms in total. The van der Waals surface area contributed by atoms with Gasteiger partial charge in [0.2, 0.25) is 0 Å². The fourth-order valence-electron chi connectivity index (χ4n) is 5.65. The van der Waals surface area contributed by atoms with Gasteiger partial charge in [-0.15, -0.1) is 0 Å². The molecule has 1 saturated heterocycles. The van der Waals surface area contributed by atoms with Gasteiger partial charge < -0.3 is 5.32 Å². The van der Waals surface area contributed by atoms with E-state index in [0.29, 0.717) is 12.1 Å². The topological polar surface area (TPSA) is 102 Å². The van der Waals surface area contributed by atoms with Crippen molar-refractivity contribution in [3.8, 4) is 6.07 Å². The van der Waals surface area contributed by atoms with Crippen LogP contribution >= 0.6 is 0 Å². The number of carbonyl (C=O) groups excluding carboxylic acids is 1. The number of anilines is 1. The van der Waals surface area contributed by atoms with Crippen LogP contribution in [0, 0.1) is 11.3 Å². The summed E-state index contributed by atoms with van der Waals surface area (Å²) in [6, 6.07) is 11.1. The summed E-state index contributed by atoms with van der Waals surface area (Å²) in [5.74, 6) is 0. The lowest BCUT2D eigenvalue weighted by molar-refractivity contribution is 0.256. The number of rotatable bonds is 6. The molecule has 0 saturated carbocycles. The van der Waals surface area contributed by atoms with Crippen LogP contribution in [0.3, 0.4) is 0 Å². The molecule has 2 N–H and O–H groups in total. The normalized spacial score (nSPS) is 19.5. The van der Waals surface area contributed by atoms with Crippen LogP contribution in [0.1, 0.15) is 59.1 Å². The molecule has 8 heteroatoms. The van der Waals surface area contributed by atoms with Crippen molar-refractivity contribution in [1.29, 1.82) is 5.26 Å². The Morgan fingerprint density at radius 3 is 2.40 bits per heavy atom. The molecule has 3 aliphatic rings. The fraction of sp³-hybridized carbons (Fsp3) is 0.407. The van der Waals surface area contributed by atoms with Gasteiger partial charge in [0.05, 0.1) is 11.6 Å². The van der Waals surface area contributed by atoms with Crippen LogP contribution in [-0.4, -0.2) is 31.9 Å². The number of nitriles is 1. The summed E-state index contributed by atoms with van der Waals surface area (Å²) >= 11 is 0. The predicted octanol–water partition coefficient (Wildman–Crippen LogP) is 4.17. The average Bonchev–Trinajstić information content (AvgIpc) is 3.59. The number of nitrogens with zero attached hydrogens (tertiary/aromatic N) is 2. The molecule has 1 heterocycles. The molecule has 35 heavy (non-hydrogen) atoms. The highest BCUT2D eigenvalue weighted by atomic mass is 32.2. The smallest absolute Gasteiger partial charge is 0.307 e. The zero-order chi connectivity index (χ0) is 24.4. The highest BCUT2D eigenvalue weighted by Gasteiger charge is 2.26. The van der Waals surface area contributed by atoms with Gasteiger partial charge in [-0.1, -0.05) is 24.3 Å². The van der Waals surface area contributed by atoms with Crippen molar-refractivity contribution < 1.29 is 13.2 Å². The van der Waals surface area contributed by atoms with Crippen molar-refractivity contribution >= 4 is 21.7 Å². The van der Waals surface area contributed by atoms with Gasteiger partial charge in [0.15, 0.2) is 0 Å². The van der Waals surface area contributed by atoms with E-state index in [0.717, 1.165) is 85.7 Å². The van der Waals surface area contributed by atoms with Crippen LogP contribution in [0.4, 0.5) is 10.5 Å². The lowest BCUT2D eigenvalue weighted by Crippen LogP contribution is -2.34. The molecule has 0 radical (unpaired) electrons. The van der Waals surface area contributed by atoms with Gasteiger partial charge in [-0.25, -0.2) is 17.9 Å². The molecule has 0 aromatic heterocycles. The van der Waals surface area contributed by atoms with Crippen LogP contribution < -0.4 is 10.0 Å². The number of fused-ring (bicyclic) bond motifs is 2. The fourth-order valence-corrected chi connectivity index (χ4v) is 6.41. The van der Waals surface area contributed by atoms with Crippen molar-refractivity contribution in [1.82, 2.24) is 9.62 Å². The number of urea groups is 1. The number of sulfonamides is 1. The molecule has 2 aromatic carbocycles. The van der Waals surface area contributed by atoms with Crippen LogP contribution in [0.5, 0.6) is 0 Å². The Bertz CT molecular complexity index is 1280. The Balaban J connectivity index is 1.23. The monoisotopic (exact) mass is 490 g/mol. The molecule has 0 bridgehead atoms. The molecule has 1 fully saturated rings. The Hall–Kier alpha value is -3.15. The maximum absolute atomic E-state index is 12.7. The van der Waals surface area contributed by atoms with Gasteiger partial charge in [0, 0.05) is 23.7 Å². The molecule has 1 unspecified atom stereocenters. The van der Waals surface area contributed by atoms with E-state index in [9.17, 15) is 13.2 Å². The lowest BCUT2D eigenvalue weighted by atomic mass is 9.99. The highest BCUT2D eigenvalue weighted by Crippen LogP contribution is 2.38. The minimum absolute atomic E-state index is 0.0223. The number of hydrogen-bond donors (Lipinski definition) is 2. The van der Waals surface area contributed by atoms with E-state index >= 15 is 0 Å². The zero-order valence-corrected chi connectivity index (χ0v) is 20.5. The maximum atomic E-state index is 12.7. The number of nitrogens with one attached hydrogen (secondary N) is 2. The van der Waals surface area contributed by atoms with Crippen molar-refractivity contribution in [2.24, 2.45) is 0 Å². The van der Waals surface area contributed by atoms with Gasteiger partial charge in [-0.05, 0) is 97.9 Å². The van der Waals surface area contributed by atoms with E-state index in [2.05, 4.69) is 27.1 Å². The molecule has 1 aliphatic heterocycles. The average molecular weight is 491 g/mol.